The van der Waals surface area contributed by atoms with Crippen molar-refractivity contribution in [2.45, 2.75) is 23.6 Å². The number of carbonyl (C=O) groups excluding carboxylic acids is 1. The second-order valence-electron chi connectivity index (χ2n) is 7.71. The number of ether oxygens (including phenoxy) is 1. The maximum atomic E-state index is 13.7. The Morgan fingerprint density at radius 1 is 1.03 bits per heavy atom. The van der Waals surface area contributed by atoms with E-state index in [4.69, 9.17) is 10.5 Å². The van der Waals surface area contributed by atoms with E-state index >= 15 is 0 Å². The Morgan fingerprint density at radius 3 is 2.34 bits per heavy atom. The van der Waals surface area contributed by atoms with Crippen LogP contribution in [0.3, 0.4) is 0 Å². The number of aryl methyl sites for hydroxylation is 1. The van der Waals surface area contributed by atoms with Crippen LogP contribution in [0, 0.1) is 6.92 Å². The van der Waals surface area contributed by atoms with Crippen molar-refractivity contribution in [3.63, 3.8) is 0 Å². The second kappa shape index (κ2) is 10.2. The molecule has 180 valence electrons. The summed E-state index contributed by atoms with van der Waals surface area (Å²) in [6.07, 6.45) is 0. The molecule has 3 N–H and O–H groups in total. The van der Waals surface area contributed by atoms with E-state index < -0.39 is 9.84 Å². The van der Waals surface area contributed by atoms with Crippen LogP contribution in [-0.2, 0) is 9.84 Å². The largest absolute Gasteiger partial charge is 0.492 e. The minimum absolute atomic E-state index is 0.0834. The number of nitrogens with two attached hydrogens (primary N) is 1. The molecule has 1 heterocycles. The zero-order chi connectivity index (χ0) is 25.2. The van der Waals surface area contributed by atoms with Crippen molar-refractivity contribution >= 4 is 59.3 Å². The van der Waals surface area contributed by atoms with Crippen LogP contribution in [-0.4, -0.2) is 20.8 Å². The molecule has 0 saturated carbocycles. The predicted octanol–water partition coefficient (Wildman–Crippen LogP) is 6.61. The summed E-state index contributed by atoms with van der Waals surface area (Å²) >= 11 is 4.37. The van der Waals surface area contributed by atoms with Crippen molar-refractivity contribution in [1.29, 1.82) is 0 Å². The zero-order valence-corrected chi connectivity index (χ0v) is 22.3. The van der Waals surface area contributed by atoms with Crippen molar-refractivity contribution in [2.75, 3.05) is 17.7 Å². The van der Waals surface area contributed by atoms with Crippen LogP contribution >= 0.6 is 27.3 Å². The Balaban J connectivity index is 1.89. The van der Waals surface area contributed by atoms with Gasteiger partial charge in [0.1, 0.15) is 20.5 Å². The van der Waals surface area contributed by atoms with Crippen LogP contribution < -0.4 is 15.8 Å². The van der Waals surface area contributed by atoms with Gasteiger partial charge >= 0.3 is 0 Å². The van der Waals surface area contributed by atoms with Crippen molar-refractivity contribution in [1.82, 2.24) is 0 Å². The number of hydrogen-bond acceptors (Lipinski definition) is 7. The lowest BCUT2D eigenvalue weighted by atomic mass is 10.1. The van der Waals surface area contributed by atoms with Gasteiger partial charge in [-0.1, -0.05) is 45.8 Å². The number of ketones is 1. The van der Waals surface area contributed by atoms with E-state index in [-0.39, 0.29) is 31.1 Å². The molecule has 0 aliphatic rings. The van der Waals surface area contributed by atoms with Crippen molar-refractivity contribution in [2.24, 2.45) is 0 Å². The number of anilines is 3. The Hall–Kier alpha value is -3.14. The van der Waals surface area contributed by atoms with Crippen molar-refractivity contribution in [3.8, 4) is 5.75 Å². The van der Waals surface area contributed by atoms with Crippen molar-refractivity contribution in [3.05, 3.63) is 93.3 Å². The molecule has 35 heavy (non-hydrogen) atoms. The third-order valence-corrected chi connectivity index (χ3v) is 8.88. The maximum Gasteiger partial charge on any atom is 0.211 e. The summed E-state index contributed by atoms with van der Waals surface area (Å²) in [5, 5.41) is 3.41. The molecular weight excluding hydrogens is 548 g/mol. The number of rotatable bonds is 8. The summed E-state index contributed by atoms with van der Waals surface area (Å²) in [6.45, 7) is 4.18. The normalized spacial score (nSPS) is 11.3. The molecule has 9 heteroatoms. The van der Waals surface area contributed by atoms with Crippen molar-refractivity contribution < 1.29 is 17.9 Å². The van der Waals surface area contributed by atoms with Gasteiger partial charge in [0.2, 0.25) is 15.6 Å². The van der Waals surface area contributed by atoms with Gasteiger partial charge in [-0.05, 0) is 62.4 Å². The van der Waals surface area contributed by atoms with Crippen LogP contribution in [0.15, 0.2) is 87.1 Å². The number of hydrogen-bond donors (Lipinski definition) is 2. The number of benzene rings is 3. The highest BCUT2D eigenvalue weighted by Gasteiger charge is 2.32. The van der Waals surface area contributed by atoms with E-state index in [0.29, 0.717) is 23.6 Å². The molecule has 0 aliphatic carbocycles. The van der Waals surface area contributed by atoms with Crippen LogP contribution in [0.4, 0.5) is 16.4 Å². The molecule has 4 rings (SSSR count). The first-order chi connectivity index (χ1) is 16.7. The second-order valence-corrected chi connectivity index (χ2v) is 11.5. The summed E-state index contributed by atoms with van der Waals surface area (Å²) in [7, 11) is -4.04. The molecule has 0 fully saturated rings. The summed E-state index contributed by atoms with van der Waals surface area (Å²) in [6, 6.07) is 20.5. The highest BCUT2D eigenvalue weighted by Crippen LogP contribution is 2.45. The Morgan fingerprint density at radius 2 is 1.69 bits per heavy atom. The van der Waals surface area contributed by atoms with Crippen LogP contribution in [0.2, 0.25) is 0 Å². The first-order valence-electron chi connectivity index (χ1n) is 10.8. The SMILES string of the molecule is CCOc1ccccc1Nc1sc(C(=O)c2ccc(Br)cc2)c(N)c1S(=O)(=O)c1ccc(C)cc1. The quantitative estimate of drug-likeness (QED) is 0.231. The first kappa shape index (κ1) is 25.0. The van der Waals surface area contributed by atoms with Crippen LogP contribution in [0.1, 0.15) is 27.7 Å². The van der Waals surface area contributed by atoms with Gasteiger partial charge in [-0.25, -0.2) is 8.42 Å². The molecule has 0 bridgehead atoms. The number of nitrogens with one attached hydrogen (secondary N) is 1. The monoisotopic (exact) mass is 570 g/mol. The van der Waals surface area contributed by atoms with Gasteiger partial charge in [-0.3, -0.25) is 4.79 Å². The van der Waals surface area contributed by atoms with E-state index in [1.54, 1.807) is 48.5 Å². The van der Waals surface area contributed by atoms with Gasteiger partial charge in [0, 0.05) is 10.0 Å². The molecule has 0 unspecified atom stereocenters. The Labute approximate surface area is 216 Å². The average Bonchev–Trinajstić information content (AvgIpc) is 3.17. The molecule has 0 aliphatic heterocycles. The summed E-state index contributed by atoms with van der Waals surface area (Å²) in [5.74, 6) is 0.202. The highest BCUT2D eigenvalue weighted by molar-refractivity contribution is 9.10. The van der Waals surface area contributed by atoms with E-state index in [1.807, 2.05) is 26.0 Å². The van der Waals surface area contributed by atoms with Gasteiger partial charge in [-0.15, -0.1) is 11.3 Å². The van der Waals surface area contributed by atoms with E-state index in [2.05, 4.69) is 21.2 Å². The van der Waals surface area contributed by atoms with E-state index in [1.165, 1.54) is 12.1 Å². The van der Waals surface area contributed by atoms with Gasteiger partial charge in [0.05, 0.1) is 22.9 Å². The summed E-state index contributed by atoms with van der Waals surface area (Å²) < 4.78 is 34.0. The maximum absolute atomic E-state index is 13.7. The Kier molecular flexibility index (Phi) is 7.30. The van der Waals surface area contributed by atoms with E-state index in [9.17, 15) is 13.2 Å². The third-order valence-electron chi connectivity index (χ3n) is 5.25. The number of sulfone groups is 1. The third kappa shape index (κ3) is 5.12. The lowest BCUT2D eigenvalue weighted by Crippen LogP contribution is -2.08. The molecule has 0 atom stereocenters. The number of nitrogen functional groups attached to an aromatic ring is 1. The zero-order valence-electron chi connectivity index (χ0n) is 19.0. The number of thiophene rings is 1. The predicted molar refractivity (Wildman–Crippen MR) is 144 cm³/mol. The van der Waals surface area contributed by atoms with Gasteiger partial charge in [0.15, 0.2) is 0 Å². The standard InChI is InChI=1S/C26H23BrN2O4S2/c1-3-33-21-7-5-4-6-20(21)29-26-25(35(31,32)19-14-8-16(2)9-15-19)22(28)24(34-26)23(30)17-10-12-18(27)13-11-17/h4-15,29H,3,28H2,1-2H3. The molecule has 0 radical (unpaired) electrons. The molecule has 3 aromatic carbocycles. The van der Waals surface area contributed by atoms with Gasteiger partial charge in [0.25, 0.3) is 0 Å². The number of halogens is 1. The number of carbonyl (C=O) groups is 1. The van der Waals surface area contributed by atoms with Gasteiger partial charge < -0.3 is 15.8 Å². The van der Waals surface area contributed by atoms with E-state index in [0.717, 1.165) is 21.4 Å². The summed E-state index contributed by atoms with van der Waals surface area (Å²) in [5.41, 5.74) is 8.22. The molecule has 6 nitrogen and oxygen atoms in total. The molecule has 0 amide bonds. The average molecular weight is 572 g/mol. The minimum atomic E-state index is -4.04. The Bertz CT molecular complexity index is 1480. The van der Waals surface area contributed by atoms with Crippen LogP contribution in [0.25, 0.3) is 0 Å². The highest BCUT2D eigenvalue weighted by atomic mass is 79.9. The lowest BCUT2D eigenvalue weighted by Gasteiger charge is -2.13. The molecule has 4 aromatic rings. The smallest absolute Gasteiger partial charge is 0.211 e. The number of para-hydroxylation sites is 2. The van der Waals surface area contributed by atoms with Gasteiger partial charge in [-0.2, -0.15) is 0 Å². The first-order valence-corrected chi connectivity index (χ1v) is 13.8. The molecule has 0 spiro atoms. The van der Waals surface area contributed by atoms with Crippen LogP contribution in [0.5, 0.6) is 5.75 Å². The molecular formula is C26H23BrN2O4S2. The minimum Gasteiger partial charge on any atom is -0.492 e. The topological polar surface area (TPSA) is 98.5 Å². The fraction of sp³-hybridized carbons (Fsp3) is 0.115. The lowest BCUT2D eigenvalue weighted by molar-refractivity contribution is 0.104. The fourth-order valence-electron chi connectivity index (χ4n) is 3.49. The summed E-state index contributed by atoms with van der Waals surface area (Å²) in [4.78, 5) is 13.5. The molecule has 0 saturated heterocycles. The fourth-order valence-corrected chi connectivity index (χ4v) is 6.68. The molecule has 1 aromatic heterocycles.